The summed E-state index contributed by atoms with van der Waals surface area (Å²) in [5.74, 6) is -2.87. The molecular weight excluding hydrogens is 307 g/mol. The van der Waals surface area contributed by atoms with Crippen LogP contribution in [0.25, 0.3) is 0 Å². The van der Waals surface area contributed by atoms with E-state index in [0.29, 0.717) is 0 Å². The summed E-state index contributed by atoms with van der Waals surface area (Å²) in [4.78, 5) is 26.7. The van der Waals surface area contributed by atoms with Gasteiger partial charge in [-0.15, -0.1) is 0 Å². The molecule has 0 bridgehead atoms. The van der Waals surface area contributed by atoms with Crippen LogP contribution in [0.2, 0.25) is 0 Å². The number of nitrogens with zero attached hydrogens (tertiary/aromatic N) is 2. The SMILES string of the molecule is COC(=O)C(c1ccccc1F)c1nc(OC)ccc1[N+](=O)[O-]. The predicted octanol–water partition coefficient (Wildman–Crippen LogP) is 2.44. The number of carbonyl (C=O) groups excluding carboxylic acids is 1. The van der Waals surface area contributed by atoms with E-state index in [4.69, 9.17) is 4.74 Å². The highest BCUT2D eigenvalue weighted by Crippen LogP contribution is 2.34. The molecule has 0 aliphatic rings. The van der Waals surface area contributed by atoms with Crippen LogP contribution in [0.5, 0.6) is 5.88 Å². The van der Waals surface area contributed by atoms with Gasteiger partial charge in [-0.3, -0.25) is 14.9 Å². The number of hydrogen-bond acceptors (Lipinski definition) is 6. The summed E-state index contributed by atoms with van der Waals surface area (Å²) in [5.41, 5.74) is -0.737. The Balaban J connectivity index is 2.72. The number of pyridine rings is 1. The molecular formula is C15H13FN2O5. The molecule has 23 heavy (non-hydrogen) atoms. The molecule has 7 nitrogen and oxygen atoms in total. The monoisotopic (exact) mass is 320 g/mol. The molecule has 0 saturated heterocycles. The van der Waals surface area contributed by atoms with Crippen molar-refractivity contribution in [3.63, 3.8) is 0 Å². The molecule has 0 aliphatic carbocycles. The molecule has 0 radical (unpaired) electrons. The molecule has 0 saturated carbocycles. The second-order valence-corrected chi connectivity index (χ2v) is 4.49. The van der Waals surface area contributed by atoms with Gasteiger partial charge in [0.15, 0.2) is 0 Å². The Hall–Kier alpha value is -3.03. The number of hydrogen-bond donors (Lipinski definition) is 0. The molecule has 2 rings (SSSR count). The zero-order valence-corrected chi connectivity index (χ0v) is 12.4. The van der Waals surface area contributed by atoms with Crippen LogP contribution >= 0.6 is 0 Å². The Bertz CT molecular complexity index is 750. The zero-order chi connectivity index (χ0) is 17.0. The minimum Gasteiger partial charge on any atom is -0.481 e. The smallest absolute Gasteiger partial charge is 0.319 e. The van der Waals surface area contributed by atoms with Crippen LogP contribution in [0.4, 0.5) is 10.1 Å². The number of esters is 1. The van der Waals surface area contributed by atoms with Crippen molar-refractivity contribution >= 4 is 11.7 Å². The Morgan fingerprint density at radius 2 is 1.96 bits per heavy atom. The second kappa shape index (κ2) is 6.82. The lowest BCUT2D eigenvalue weighted by atomic mass is 9.93. The van der Waals surface area contributed by atoms with E-state index in [1.54, 1.807) is 0 Å². The normalized spacial score (nSPS) is 11.6. The highest BCUT2D eigenvalue weighted by molar-refractivity contribution is 5.83. The summed E-state index contributed by atoms with van der Waals surface area (Å²) in [7, 11) is 2.44. The van der Waals surface area contributed by atoms with Crippen molar-refractivity contribution in [1.29, 1.82) is 0 Å². The van der Waals surface area contributed by atoms with E-state index in [1.807, 2.05) is 0 Å². The van der Waals surface area contributed by atoms with E-state index in [9.17, 15) is 19.3 Å². The highest BCUT2D eigenvalue weighted by Gasteiger charge is 2.34. The number of halogens is 1. The minimum atomic E-state index is -1.38. The number of methoxy groups -OCH3 is 2. The van der Waals surface area contributed by atoms with E-state index in [2.05, 4.69) is 9.72 Å². The Morgan fingerprint density at radius 3 is 2.52 bits per heavy atom. The first kappa shape index (κ1) is 16.3. The number of benzene rings is 1. The van der Waals surface area contributed by atoms with Crippen LogP contribution in [0.3, 0.4) is 0 Å². The average molecular weight is 320 g/mol. The molecule has 8 heteroatoms. The van der Waals surface area contributed by atoms with Crippen molar-refractivity contribution in [2.24, 2.45) is 0 Å². The lowest BCUT2D eigenvalue weighted by Gasteiger charge is -2.16. The van der Waals surface area contributed by atoms with Crippen molar-refractivity contribution in [2.45, 2.75) is 5.92 Å². The lowest BCUT2D eigenvalue weighted by Crippen LogP contribution is -2.19. The van der Waals surface area contributed by atoms with Gasteiger partial charge in [0.1, 0.15) is 17.4 Å². The molecule has 0 amide bonds. The van der Waals surface area contributed by atoms with Crippen LogP contribution in [-0.2, 0) is 9.53 Å². The molecule has 0 N–H and O–H groups in total. The second-order valence-electron chi connectivity index (χ2n) is 4.49. The molecule has 1 heterocycles. The molecule has 1 aromatic carbocycles. The first-order chi connectivity index (χ1) is 11.0. The van der Waals surface area contributed by atoms with Crippen molar-refractivity contribution < 1.29 is 23.6 Å². The summed E-state index contributed by atoms with van der Waals surface area (Å²) in [6.45, 7) is 0. The maximum atomic E-state index is 14.1. The van der Waals surface area contributed by atoms with Crippen LogP contribution < -0.4 is 4.74 Å². The van der Waals surface area contributed by atoms with E-state index >= 15 is 0 Å². The summed E-state index contributed by atoms with van der Waals surface area (Å²) in [6.07, 6.45) is 0. The van der Waals surface area contributed by atoms with Gasteiger partial charge in [0.2, 0.25) is 5.88 Å². The summed E-state index contributed by atoms with van der Waals surface area (Å²) >= 11 is 0. The third-order valence-electron chi connectivity index (χ3n) is 3.21. The maximum absolute atomic E-state index is 14.1. The molecule has 0 spiro atoms. The summed E-state index contributed by atoms with van der Waals surface area (Å²) < 4.78 is 23.7. The quantitative estimate of drug-likeness (QED) is 0.477. The van der Waals surface area contributed by atoms with Crippen LogP contribution in [0, 0.1) is 15.9 Å². The maximum Gasteiger partial charge on any atom is 0.319 e. The standard InChI is InChI=1S/C15H13FN2O5/c1-22-12-8-7-11(18(20)21)14(17-12)13(15(19)23-2)9-5-3-4-6-10(9)16/h3-8,13H,1-2H3. The fraction of sp³-hybridized carbons (Fsp3) is 0.200. The number of ether oxygens (including phenoxy) is 2. The number of carbonyl (C=O) groups is 1. The van der Waals surface area contributed by atoms with Gasteiger partial charge in [0.25, 0.3) is 5.69 Å². The number of aromatic nitrogens is 1. The Labute approximate surface area is 130 Å². The van der Waals surface area contributed by atoms with Crippen LogP contribution in [0.1, 0.15) is 17.2 Å². The fourth-order valence-electron chi connectivity index (χ4n) is 2.14. The van der Waals surface area contributed by atoms with Gasteiger partial charge in [-0.05, 0) is 6.07 Å². The topological polar surface area (TPSA) is 91.6 Å². The van der Waals surface area contributed by atoms with Crippen molar-refractivity contribution in [3.8, 4) is 5.88 Å². The minimum absolute atomic E-state index is 0.0656. The van der Waals surface area contributed by atoms with Gasteiger partial charge in [0, 0.05) is 17.7 Å². The Kier molecular flexibility index (Phi) is 4.85. The largest absolute Gasteiger partial charge is 0.481 e. The molecule has 2 aromatic rings. The lowest BCUT2D eigenvalue weighted by molar-refractivity contribution is -0.386. The van der Waals surface area contributed by atoms with Crippen molar-refractivity contribution in [2.75, 3.05) is 14.2 Å². The Morgan fingerprint density at radius 1 is 1.26 bits per heavy atom. The van der Waals surface area contributed by atoms with E-state index in [-0.39, 0.29) is 17.1 Å². The summed E-state index contributed by atoms with van der Waals surface area (Å²) in [5, 5.41) is 11.2. The van der Waals surface area contributed by atoms with Gasteiger partial charge in [-0.25, -0.2) is 9.37 Å². The molecule has 0 fully saturated rings. The van der Waals surface area contributed by atoms with Crippen molar-refractivity contribution in [3.05, 3.63) is 63.6 Å². The number of rotatable bonds is 5. The van der Waals surface area contributed by atoms with E-state index in [0.717, 1.165) is 19.2 Å². The summed E-state index contributed by atoms with van der Waals surface area (Å²) in [6, 6.07) is 7.90. The third kappa shape index (κ3) is 3.25. The highest BCUT2D eigenvalue weighted by atomic mass is 19.1. The average Bonchev–Trinajstić information content (AvgIpc) is 2.56. The van der Waals surface area contributed by atoms with Gasteiger partial charge >= 0.3 is 5.97 Å². The first-order valence-corrected chi connectivity index (χ1v) is 6.51. The van der Waals surface area contributed by atoms with Gasteiger partial charge in [-0.2, -0.15) is 0 Å². The zero-order valence-electron chi connectivity index (χ0n) is 12.4. The van der Waals surface area contributed by atoms with Crippen molar-refractivity contribution in [1.82, 2.24) is 4.98 Å². The molecule has 1 atom stereocenters. The molecule has 0 aliphatic heterocycles. The first-order valence-electron chi connectivity index (χ1n) is 6.51. The molecule has 120 valence electrons. The fourth-order valence-corrected chi connectivity index (χ4v) is 2.14. The molecule has 1 unspecified atom stereocenters. The molecule has 1 aromatic heterocycles. The van der Waals surface area contributed by atoms with E-state index in [1.165, 1.54) is 31.4 Å². The number of nitro groups is 1. The third-order valence-corrected chi connectivity index (χ3v) is 3.21. The van der Waals surface area contributed by atoms with Gasteiger partial charge in [-0.1, -0.05) is 18.2 Å². The van der Waals surface area contributed by atoms with Gasteiger partial charge in [0.05, 0.1) is 19.1 Å². The van der Waals surface area contributed by atoms with Crippen LogP contribution in [-0.4, -0.2) is 30.1 Å². The predicted molar refractivity (Wildman–Crippen MR) is 77.7 cm³/mol. The van der Waals surface area contributed by atoms with E-state index < -0.39 is 28.3 Å². The van der Waals surface area contributed by atoms with Crippen LogP contribution in [0.15, 0.2) is 36.4 Å². The van der Waals surface area contributed by atoms with Gasteiger partial charge < -0.3 is 9.47 Å².